The highest BCUT2D eigenvalue weighted by atomic mass is 32.2. The van der Waals surface area contributed by atoms with Crippen molar-refractivity contribution < 1.29 is 17.9 Å². The molecular weight excluding hydrogens is 510 g/mol. The zero-order valence-corrected chi connectivity index (χ0v) is 24.3. The van der Waals surface area contributed by atoms with E-state index in [1.807, 2.05) is 12.1 Å². The Hall–Kier alpha value is -3.20. The first-order chi connectivity index (χ1) is 18.5. The molecule has 0 bridgehead atoms. The highest BCUT2D eigenvalue weighted by Crippen LogP contribution is 2.27. The van der Waals surface area contributed by atoms with Gasteiger partial charge in [0.15, 0.2) is 0 Å². The van der Waals surface area contributed by atoms with Gasteiger partial charge in [-0.1, -0.05) is 35.9 Å². The Morgan fingerprint density at radius 3 is 2.33 bits per heavy atom. The summed E-state index contributed by atoms with van der Waals surface area (Å²) in [5.74, 6) is 0.497. The number of nitrogens with zero attached hydrogens (tertiary/aromatic N) is 2. The molecule has 0 atom stereocenters. The molecule has 4 rings (SSSR count). The quantitative estimate of drug-likeness (QED) is 0.416. The minimum Gasteiger partial charge on any atom is -0.497 e. The number of rotatable bonds is 9. The van der Waals surface area contributed by atoms with Crippen LogP contribution in [0.4, 0.5) is 0 Å². The molecule has 39 heavy (non-hydrogen) atoms. The van der Waals surface area contributed by atoms with Crippen LogP contribution < -0.4 is 10.1 Å². The van der Waals surface area contributed by atoms with Crippen LogP contribution in [0.15, 0.2) is 71.6 Å². The first-order valence-electron chi connectivity index (χ1n) is 13.3. The standard InChI is InChI=1S/C31H39N3O4S/c1-23-6-8-24(9-7-23)21-33(31(2,3)4)19-17-32-30(35)26-10-11-27-22-34(18-16-25(27)20-26)39(36,37)29-14-12-28(38-5)13-15-29/h6-15,20H,16-19,21-22H2,1-5H3,(H,32,35). The Kier molecular flexibility index (Phi) is 8.79. The molecule has 1 heterocycles. The average Bonchev–Trinajstić information content (AvgIpc) is 2.92. The lowest BCUT2D eigenvalue weighted by Gasteiger charge is -2.36. The Balaban J connectivity index is 1.36. The maximum atomic E-state index is 13.2. The van der Waals surface area contributed by atoms with Crippen molar-refractivity contribution in [1.29, 1.82) is 0 Å². The molecule has 0 aromatic heterocycles. The fourth-order valence-electron chi connectivity index (χ4n) is 4.74. The van der Waals surface area contributed by atoms with Crippen molar-refractivity contribution >= 4 is 15.9 Å². The number of ether oxygens (including phenoxy) is 1. The number of carbonyl (C=O) groups excluding carboxylic acids is 1. The molecule has 0 fully saturated rings. The van der Waals surface area contributed by atoms with E-state index in [0.717, 1.165) is 24.2 Å². The Morgan fingerprint density at radius 2 is 1.69 bits per heavy atom. The third kappa shape index (κ3) is 7.06. The van der Waals surface area contributed by atoms with Crippen LogP contribution in [0.2, 0.25) is 0 Å². The second-order valence-corrected chi connectivity index (χ2v) is 13.0. The number of carbonyl (C=O) groups is 1. The summed E-state index contributed by atoms with van der Waals surface area (Å²) in [7, 11) is -2.07. The van der Waals surface area contributed by atoms with Gasteiger partial charge in [0.25, 0.3) is 5.91 Å². The minimum absolute atomic E-state index is 0.0422. The molecule has 1 aliphatic rings. The largest absolute Gasteiger partial charge is 0.497 e. The molecule has 1 N–H and O–H groups in total. The van der Waals surface area contributed by atoms with Crippen LogP contribution in [0.3, 0.4) is 0 Å². The summed E-state index contributed by atoms with van der Waals surface area (Å²) >= 11 is 0. The molecule has 0 unspecified atom stereocenters. The molecular formula is C31H39N3O4S. The van der Waals surface area contributed by atoms with Crippen LogP contribution in [0.25, 0.3) is 0 Å². The fraction of sp³-hybridized carbons (Fsp3) is 0.387. The highest BCUT2D eigenvalue weighted by Gasteiger charge is 2.29. The Labute approximate surface area is 232 Å². The summed E-state index contributed by atoms with van der Waals surface area (Å²) in [6.45, 7) is 11.4. The first-order valence-corrected chi connectivity index (χ1v) is 14.8. The third-order valence-electron chi connectivity index (χ3n) is 7.25. The van der Waals surface area contributed by atoms with Crippen LogP contribution >= 0.6 is 0 Å². The van der Waals surface area contributed by atoms with Gasteiger partial charge in [-0.05, 0) is 87.2 Å². The number of benzene rings is 3. The zero-order valence-electron chi connectivity index (χ0n) is 23.5. The number of methoxy groups -OCH3 is 1. The molecule has 1 amide bonds. The number of hydrogen-bond acceptors (Lipinski definition) is 5. The Bertz CT molecular complexity index is 1400. The monoisotopic (exact) mass is 549 g/mol. The van der Waals surface area contributed by atoms with E-state index < -0.39 is 10.0 Å². The lowest BCUT2D eigenvalue weighted by Crippen LogP contribution is -2.45. The molecule has 0 spiro atoms. The van der Waals surface area contributed by atoms with E-state index in [4.69, 9.17) is 4.74 Å². The number of sulfonamides is 1. The first kappa shape index (κ1) is 28.8. The van der Waals surface area contributed by atoms with Crippen molar-refractivity contribution in [2.45, 2.75) is 57.6 Å². The fourth-order valence-corrected chi connectivity index (χ4v) is 6.16. The molecule has 3 aromatic carbocycles. The van der Waals surface area contributed by atoms with E-state index in [-0.39, 0.29) is 22.9 Å². The topological polar surface area (TPSA) is 79.0 Å². The molecule has 8 heteroatoms. The number of aryl methyl sites for hydroxylation is 1. The number of nitrogens with one attached hydrogen (secondary N) is 1. The molecule has 0 saturated heterocycles. The van der Waals surface area contributed by atoms with Gasteiger partial charge in [-0.3, -0.25) is 9.69 Å². The molecule has 7 nitrogen and oxygen atoms in total. The van der Waals surface area contributed by atoms with Crippen molar-refractivity contribution in [2.24, 2.45) is 0 Å². The van der Waals surface area contributed by atoms with Crippen molar-refractivity contribution in [2.75, 3.05) is 26.7 Å². The van der Waals surface area contributed by atoms with Crippen LogP contribution in [-0.2, 0) is 29.5 Å². The van der Waals surface area contributed by atoms with E-state index in [1.54, 1.807) is 37.4 Å². The van der Waals surface area contributed by atoms with Crippen LogP contribution in [0.1, 0.15) is 53.4 Å². The van der Waals surface area contributed by atoms with Gasteiger partial charge in [0.2, 0.25) is 10.0 Å². The van der Waals surface area contributed by atoms with Crippen LogP contribution in [0.5, 0.6) is 5.75 Å². The van der Waals surface area contributed by atoms with Gasteiger partial charge in [0.05, 0.1) is 12.0 Å². The maximum absolute atomic E-state index is 13.2. The van der Waals surface area contributed by atoms with Gasteiger partial charge in [-0.2, -0.15) is 4.31 Å². The summed E-state index contributed by atoms with van der Waals surface area (Å²) < 4.78 is 33.0. The molecule has 3 aromatic rings. The van der Waals surface area contributed by atoms with Crippen LogP contribution in [0, 0.1) is 6.92 Å². The molecule has 208 valence electrons. The summed E-state index contributed by atoms with van der Waals surface area (Å²) in [4.78, 5) is 15.6. The smallest absolute Gasteiger partial charge is 0.251 e. The van der Waals surface area contributed by atoms with Gasteiger partial charge in [0.1, 0.15) is 5.75 Å². The second-order valence-electron chi connectivity index (χ2n) is 11.1. The normalized spacial score (nSPS) is 14.2. The van der Waals surface area contributed by atoms with E-state index in [9.17, 15) is 13.2 Å². The second kappa shape index (κ2) is 11.9. The number of fused-ring (bicyclic) bond motifs is 1. The van der Waals surface area contributed by atoms with E-state index >= 15 is 0 Å². The van der Waals surface area contributed by atoms with E-state index in [2.05, 4.69) is 62.2 Å². The van der Waals surface area contributed by atoms with E-state index in [1.165, 1.54) is 15.4 Å². The van der Waals surface area contributed by atoms with Gasteiger partial charge in [-0.15, -0.1) is 0 Å². The lowest BCUT2D eigenvalue weighted by atomic mass is 9.98. The van der Waals surface area contributed by atoms with Crippen LogP contribution in [-0.4, -0.2) is 55.8 Å². The summed E-state index contributed by atoms with van der Waals surface area (Å²) in [6, 6.07) is 20.6. The Morgan fingerprint density at radius 1 is 1.00 bits per heavy atom. The minimum atomic E-state index is -3.62. The number of hydrogen-bond donors (Lipinski definition) is 1. The van der Waals surface area contributed by atoms with Gasteiger partial charge >= 0.3 is 0 Å². The zero-order chi connectivity index (χ0) is 28.2. The van der Waals surface area contributed by atoms with Gasteiger partial charge in [-0.25, -0.2) is 8.42 Å². The molecule has 0 aliphatic carbocycles. The lowest BCUT2D eigenvalue weighted by molar-refractivity contribution is 0.0921. The number of amides is 1. The molecule has 1 aliphatic heterocycles. The third-order valence-corrected chi connectivity index (χ3v) is 9.11. The predicted molar refractivity (Wildman–Crippen MR) is 154 cm³/mol. The average molecular weight is 550 g/mol. The van der Waals surface area contributed by atoms with E-state index in [0.29, 0.717) is 30.8 Å². The van der Waals surface area contributed by atoms with Crippen molar-refractivity contribution in [3.05, 3.63) is 94.5 Å². The maximum Gasteiger partial charge on any atom is 0.251 e. The van der Waals surface area contributed by atoms with Crippen molar-refractivity contribution in [3.8, 4) is 5.75 Å². The van der Waals surface area contributed by atoms with Gasteiger partial charge < -0.3 is 10.1 Å². The van der Waals surface area contributed by atoms with Crippen molar-refractivity contribution in [1.82, 2.24) is 14.5 Å². The van der Waals surface area contributed by atoms with Gasteiger partial charge in [0, 0.05) is 43.8 Å². The summed E-state index contributed by atoms with van der Waals surface area (Å²) in [6.07, 6.45) is 0.556. The summed E-state index contributed by atoms with van der Waals surface area (Å²) in [5, 5.41) is 3.07. The van der Waals surface area contributed by atoms with Crippen molar-refractivity contribution in [3.63, 3.8) is 0 Å². The SMILES string of the molecule is COc1ccc(S(=O)(=O)N2CCc3cc(C(=O)NCCN(Cc4ccc(C)cc4)C(C)(C)C)ccc3C2)cc1. The molecule has 0 radical (unpaired) electrons. The highest BCUT2D eigenvalue weighted by molar-refractivity contribution is 7.89. The predicted octanol–water partition coefficient (Wildman–Crippen LogP) is 4.78. The molecule has 0 saturated carbocycles. The summed E-state index contributed by atoms with van der Waals surface area (Å²) in [5.41, 5.74) is 4.98.